The van der Waals surface area contributed by atoms with Crippen molar-refractivity contribution in [3.63, 3.8) is 0 Å². The lowest BCUT2D eigenvalue weighted by molar-refractivity contribution is 0.110. The maximum absolute atomic E-state index is 5.53. The quantitative estimate of drug-likeness (QED) is 0.740. The highest BCUT2D eigenvalue weighted by molar-refractivity contribution is 5.19. The Morgan fingerprint density at radius 1 is 1.41 bits per heavy atom. The second-order valence-electron chi connectivity index (χ2n) is 4.99. The van der Waals surface area contributed by atoms with Crippen LogP contribution in [0.5, 0.6) is 0 Å². The minimum Gasteiger partial charge on any atom is -0.380 e. The molecule has 0 fully saturated rings. The summed E-state index contributed by atoms with van der Waals surface area (Å²) in [5.41, 5.74) is 2.35. The van der Waals surface area contributed by atoms with Crippen molar-refractivity contribution in [1.29, 1.82) is 0 Å². The van der Waals surface area contributed by atoms with Crippen LogP contribution in [0.2, 0.25) is 0 Å². The topological polar surface area (TPSA) is 39.1 Å². The van der Waals surface area contributed by atoms with Crippen molar-refractivity contribution in [1.82, 2.24) is 15.1 Å². The first-order chi connectivity index (χ1) is 8.00. The highest BCUT2D eigenvalue weighted by Gasteiger charge is 2.10. The van der Waals surface area contributed by atoms with Crippen LogP contribution in [0.25, 0.3) is 0 Å². The first kappa shape index (κ1) is 14.2. The molecule has 0 aromatic carbocycles. The molecule has 1 atom stereocenters. The van der Waals surface area contributed by atoms with E-state index in [9.17, 15) is 0 Å². The number of hydrogen-bond acceptors (Lipinski definition) is 3. The van der Waals surface area contributed by atoms with Crippen LogP contribution in [0.1, 0.15) is 38.1 Å². The lowest BCUT2D eigenvalue weighted by Gasteiger charge is -2.13. The number of ether oxygens (including phenoxy) is 1. The van der Waals surface area contributed by atoms with Gasteiger partial charge in [0.2, 0.25) is 0 Å². The van der Waals surface area contributed by atoms with E-state index in [0.29, 0.717) is 12.0 Å². The summed E-state index contributed by atoms with van der Waals surface area (Å²) in [5.74, 6) is 0.605. The van der Waals surface area contributed by atoms with Gasteiger partial charge >= 0.3 is 0 Å². The van der Waals surface area contributed by atoms with Crippen LogP contribution in [-0.2, 0) is 11.8 Å². The molecule has 1 heterocycles. The second-order valence-corrected chi connectivity index (χ2v) is 4.99. The fourth-order valence-corrected chi connectivity index (χ4v) is 1.82. The van der Waals surface area contributed by atoms with Crippen molar-refractivity contribution in [2.75, 3.05) is 19.8 Å². The van der Waals surface area contributed by atoms with Crippen LogP contribution in [0.15, 0.2) is 6.20 Å². The predicted octanol–water partition coefficient (Wildman–Crippen LogP) is 2.05. The molecule has 0 spiro atoms. The molecule has 1 aromatic heterocycles. The van der Waals surface area contributed by atoms with Crippen LogP contribution in [-0.4, -0.2) is 29.5 Å². The Labute approximate surface area is 104 Å². The van der Waals surface area contributed by atoms with Gasteiger partial charge in [-0.05, 0) is 19.8 Å². The zero-order valence-electron chi connectivity index (χ0n) is 11.7. The highest BCUT2D eigenvalue weighted by Crippen LogP contribution is 2.14. The Balaban J connectivity index is 2.25. The minimum absolute atomic E-state index is 0.325. The van der Waals surface area contributed by atoms with Crippen LogP contribution >= 0.6 is 0 Å². The van der Waals surface area contributed by atoms with Crippen LogP contribution in [0.4, 0.5) is 0 Å². The zero-order chi connectivity index (χ0) is 12.8. The molecule has 0 bridgehead atoms. The van der Waals surface area contributed by atoms with E-state index in [1.807, 2.05) is 18.7 Å². The van der Waals surface area contributed by atoms with Crippen LogP contribution < -0.4 is 5.32 Å². The Kier molecular flexibility index (Phi) is 5.65. The summed E-state index contributed by atoms with van der Waals surface area (Å²) >= 11 is 0. The van der Waals surface area contributed by atoms with E-state index >= 15 is 0 Å². The number of aryl methyl sites for hydroxylation is 2. The molecule has 0 aliphatic rings. The average molecular weight is 239 g/mol. The van der Waals surface area contributed by atoms with E-state index < -0.39 is 0 Å². The van der Waals surface area contributed by atoms with E-state index in [0.717, 1.165) is 25.5 Å². The lowest BCUT2D eigenvalue weighted by Crippen LogP contribution is -2.24. The van der Waals surface area contributed by atoms with E-state index in [2.05, 4.69) is 37.4 Å². The number of hydrogen-bond donors (Lipinski definition) is 1. The van der Waals surface area contributed by atoms with Gasteiger partial charge in [0.15, 0.2) is 0 Å². The summed E-state index contributed by atoms with van der Waals surface area (Å²) in [6.07, 6.45) is 2.07. The molecule has 0 saturated carbocycles. The van der Waals surface area contributed by atoms with Gasteiger partial charge in [0.25, 0.3) is 0 Å². The molecule has 4 heteroatoms. The number of nitrogens with zero attached hydrogens (tertiary/aromatic N) is 2. The maximum Gasteiger partial charge on any atom is 0.0641 e. The fourth-order valence-electron chi connectivity index (χ4n) is 1.82. The van der Waals surface area contributed by atoms with Gasteiger partial charge in [-0.15, -0.1) is 0 Å². The summed E-state index contributed by atoms with van der Waals surface area (Å²) in [6.45, 7) is 11.0. The molecule has 0 aliphatic carbocycles. The van der Waals surface area contributed by atoms with Crippen LogP contribution in [0, 0.1) is 12.8 Å². The number of nitrogens with one attached hydrogen (secondary N) is 1. The molecule has 0 amide bonds. The first-order valence-electron chi connectivity index (χ1n) is 6.32. The Bertz CT molecular complexity index is 333. The normalized spacial score (nSPS) is 13.3. The molecule has 1 unspecified atom stereocenters. The Hall–Kier alpha value is -0.870. The maximum atomic E-state index is 5.53. The second kappa shape index (κ2) is 6.77. The molecule has 4 nitrogen and oxygen atoms in total. The Morgan fingerprint density at radius 3 is 2.65 bits per heavy atom. The van der Waals surface area contributed by atoms with Gasteiger partial charge in [0, 0.05) is 38.0 Å². The van der Waals surface area contributed by atoms with E-state index in [4.69, 9.17) is 4.74 Å². The third-order valence-corrected chi connectivity index (χ3v) is 2.67. The predicted molar refractivity (Wildman–Crippen MR) is 70.0 cm³/mol. The molecule has 1 N–H and O–H groups in total. The monoisotopic (exact) mass is 239 g/mol. The first-order valence-corrected chi connectivity index (χ1v) is 6.32. The van der Waals surface area contributed by atoms with Crippen molar-refractivity contribution in [2.45, 2.75) is 33.7 Å². The zero-order valence-corrected chi connectivity index (χ0v) is 11.7. The summed E-state index contributed by atoms with van der Waals surface area (Å²) in [7, 11) is 1.95. The minimum atomic E-state index is 0.325. The number of aromatic nitrogens is 2. The highest BCUT2D eigenvalue weighted by atomic mass is 16.5. The van der Waals surface area contributed by atoms with Gasteiger partial charge in [-0.2, -0.15) is 5.10 Å². The van der Waals surface area contributed by atoms with E-state index in [1.165, 1.54) is 5.56 Å². The summed E-state index contributed by atoms with van der Waals surface area (Å²) < 4.78 is 7.39. The van der Waals surface area contributed by atoms with Gasteiger partial charge in [-0.1, -0.05) is 13.8 Å². The largest absolute Gasteiger partial charge is 0.380 e. The molecular weight excluding hydrogens is 214 g/mol. The smallest absolute Gasteiger partial charge is 0.0641 e. The summed E-state index contributed by atoms with van der Waals surface area (Å²) in [6, 6.07) is 0.325. The number of rotatable bonds is 7. The average Bonchev–Trinajstić information content (AvgIpc) is 2.56. The van der Waals surface area contributed by atoms with Gasteiger partial charge in [0.1, 0.15) is 0 Å². The molecule has 17 heavy (non-hydrogen) atoms. The van der Waals surface area contributed by atoms with Gasteiger partial charge in [-0.25, -0.2) is 0 Å². The van der Waals surface area contributed by atoms with Crippen molar-refractivity contribution >= 4 is 0 Å². The fraction of sp³-hybridized carbons (Fsp3) is 0.769. The third-order valence-electron chi connectivity index (χ3n) is 2.67. The van der Waals surface area contributed by atoms with E-state index in [-0.39, 0.29) is 0 Å². The lowest BCUT2D eigenvalue weighted by atomic mass is 10.1. The third kappa shape index (κ3) is 4.88. The Morgan fingerprint density at radius 2 is 2.12 bits per heavy atom. The van der Waals surface area contributed by atoms with Gasteiger partial charge < -0.3 is 10.1 Å². The van der Waals surface area contributed by atoms with Gasteiger partial charge in [-0.3, -0.25) is 4.68 Å². The van der Waals surface area contributed by atoms with Crippen molar-refractivity contribution in [2.24, 2.45) is 13.0 Å². The van der Waals surface area contributed by atoms with Crippen LogP contribution in [0.3, 0.4) is 0 Å². The molecule has 1 aromatic rings. The standard InChI is InChI=1S/C13H25N3O/c1-10(2)9-17-7-6-14-11(3)13-8-16(5)15-12(13)4/h8,10-11,14H,6-7,9H2,1-5H3. The SMILES string of the molecule is Cc1nn(C)cc1C(C)NCCOCC(C)C. The van der Waals surface area contributed by atoms with Crippen molar-refractivity contribution < 1.29 is 4.74 Å². The molecule has 98 valence electrons. The molecule has 0 saturated heterocycles. The summed E-state index contributed by atoms with van der Waals surface area (Å²) in [5, 5.41) is 7.79. The summed E-state index contributed by atoms with van der Waals surface area (Å²) in [4.78, 5) is 0. The van der Waals surface area contributed by atoms with Gasteiger partial charge in [0.05, 0.1) is 12.3 Å². The molecule has 0 radical (unpaired) electrons. The molecule has 1 rings (SSSR count). The molecular formula is C13H25N3O. The van der Waals surface area contributed by atoms with E-state index in [1.54, 1.807) is 0 Å². The van der Waals surface area contributed by atoms with Crippen molar-refractivity contribution in [3.05, 3.63) is 17.5 Å². The van der Waals surface area contributed by atoms with Crippen molar-refractivity contribution in [3.8, 4) is 0 Å². The molecule has 0 aliphatic heterocycles.